The topological polar surface area (TPSA) is 73.9 Å². The summed E-state index contributed by atoms with van der Waals surface area (Å²) in [5, 5.41) is 2.74. The lowest BCUT2D eigenvalue weighted by atomic mass is 9.84. The molecule has 1 N–H and O–H groups in total. The van der Waals surface area contributed by atoms with Gasteiger partial charge in [-0.3, -0.25) is 4.79 Å². The summed E-state index contributed by atoms with van der Waals surface area (Å²) < 4.78 is 16.4. The number of rotatable bonds is 5. The average molecular weight is 345 g/mol. The maximum atomic E-state index is 12.7. The van der Waals surface area contributed by atoms with E-state index in [9.17, 15) is 9.59 Å². The molecule has 2 aliphatic rings. The van der Waals surface area contributed by atoms with Crippen LogP contribution in [0.15, 0.2) is 35.5 Å². The quantitative estimate of drug-likeness (QED) is 0.829. The lowest BCUT2D eigenvalue weighted by Gasteiger charge is -2.27. The largest absolute Gasteiger partial charge is 0.496 e. The van der Waals surface area contributed by atoms with Gasteiger partial charge in [0.05, 0.1) is 18.8 Å². The molecular formula is C19H23NO5. The highest BCUT2D eigenvalue weighted by atomic mass is 16.6. The first-order chi connectivity index (χ1) is 12.1. The van der Waals surface area contributed by atoms with Crippen LogP contribution in [-0.4, -0.2) is 38.3 Å². The van der Waals surface area contributed by atoms with Gasteiger partial charge in [-0.2, -0.15) is 0 Å². The van der Waals surface area contributed by atoms with E-state index in [0.717, 1.165) is 18.4 Å². The van der Waals surface area contributed by atoms with E-state index >= 15 is 0 Å². The molecule has 1 amide bonds. The van der Waals surface area contributed by atoms with Crippen LogP contribution in [0.4, 0.5) is 0 Å². The third-order valence-corrected chi connectivity index (χ3v) is 4.63. The molecule has 2 heterocycles. The molecular weight excluding hydrogens is 322 g/mol. The molecule has 134 valence electrons. The van der Waals surface area contributed by atoms with Crippen LogP contribution >= 0.6 is 0 Å². The minimum atomic E-state index is -0.413. The van der Waals surface area contributed by atoms with E-state index < -0.39 is 5.97 Å². The Kier molecular flexibility index (Phi) is 5.38. The summed E-state index contributed by atoms with van der Waals surface area (Å²) in [6.45, 7) is 2.67. The molecule has 0 aliphatic carbocycles. The third-order valence-electron chi connectivity index (χ3n) is 4.63. The van der Waals surface area contributed by atoms with Crippen molar-refractivity contribution in [3.63, 3.8) is 0 Å². The number of carbonyl (C=O) groups is 2. The van der Waals surface area contributed by atoms with Gasteiger partial charge in [0.15, 0.2) is 0 Å². The van der Waals surface area contributed by atoms with Crippen LogP contribution in [0.3, 0.4) is 0 Å². The van der Waals surface area contributed by atoms with Crippen molar-refractivity contribution >= 4 is 11.9 Å². The van der Waals surface area contributed by atoms with Gasteiger partial charge >= 0.3 is 5.97 Å². The Balaban J connectivity index is 1.85. The normalized spacial score (nSPS) is 23.4. The number of hydrogen-bond acceptors (Lipinski definition) is 5. The fourth-order valence-corrected chi connectivity index (χ4v) is 3.41. The van der Waals surface area contributed by atoms with Crippen molar-refractivity contribution in [2.24, 2.45) is 0 Å². The highest BCUT2D eigenvalue weighted by molar-refractivity contribution is 5.96. The monoisotopic (exact) mass is 345 g/mol. The van der Waals surface area contributed by atoms with Gasteiger partial charge in [-0.05, 0) is 25.8 Å². The number of para-hydroxylation sites is 1. The number of amides is 1. The number of hydrogen-bond donors (Lipinski definition) is 1. The Hall–Kier alpha value is -2.34. The SMILES string of the molecule is COc1ccccc1[C@@H]1CC(=O)NC(C)=C1C(=O)OC[C@@H]1CCCO1. The van der Waals surface area contributed by atoms with Gasteiger partial charge in [0.1, 0.15) is 12.4 Å². The molecule has 0 aromatic heterocycles. The summed E-state index contributed by atoms with van der Waals surface area (Å²) in [4.78, 5) is 24.8. The second-order valence-electron chi connectivity index (χ2n) is 6.32. The van der Waals surface area contributed by atoms with Crippen molar-refractivity contribution in [1.29, 1.82) is 0 Å². The average Bonchev–Trinajstić information content (AvgIpc) is 3.12. The molecule has 2 atom stereocenters. The molecule has 0 radical (unpaired) electrons. The molecule has 1 saturated heterocycles. The van der Waals surface area contributed by atoms with Crippen molar-refractivity contribution in [3.05, 3.63) is 41.1 Å². The molecule has 2 aliphatic heterocycles. The first kappa shape index (κ1) is 17.5. The first-order valence-corrected chi connectivity index (χ1v) is 8.52. The predicted octanol–water partition coefficient (Wildman–Crippen LogP) is 2.29. The molecule has 1 aromatic rings. The van der Waals surface area contributed by atoms with Crippen molar-refractivity contribution in [2.75, 3.05) is 20.3 Å². The Morgan fingerprint density at radius 3 is 2.88 bits per heavy atom. The van der Waals surface area contributed by atoms with Gasteiger partial charge in [-0.15, -0.1) is 0 Å². The second-order valence-corrected chi connectivity index (χ2v) is 6.32. The van der Waals surface area contributed by atoms with Crippen LogP contribution in [0, 0.1) is 0 Å². The van der Waals surface area contributed by atoms with Crippen molar-refractivity contribution in [1.82, 2.24) is 5.32 Å². The molecule has 0 spiro atoms. The van der Waals surface area contributed by atoms with E-state index in [0.29, 0.717) is 23.6 Å². The van der Waals surface area contributed by atoms with E-state index in [2.05, 4.69) is 5.32 Å². The maximum absolute atomic E-state index is 12.7. The van der Waals surface area contributed by atoms with Crippen LogP contribution in [0.5, 0.6) is 5.75 Å². The summed E-state index contributed by atoms with van der Waals surface area (Å²) in [5.41, 5.74) is 1.81. The fourth-order valence-electron chi connectivity index (χ4n) is 3.41. The summed E-state index contributed by atoms with van der Waals surface area (Å²) in [6, 6.07) is 7.43. The molecule has 0 saturated carbocycles. The zero-order valence-electron chi connectivity index (χ0n) is 14.5. The zero-order chi connectivity index (χ0) is 17.8. The van der Waals surface area contributed by atoms with Gasteiger partial charge in [0.25, 0.3) is 0 Å². The van der Waals surface area contributed by atoms with Crippen LogP contribution in [0.1, 0.15) is 37.7 Å². The standard InChI is InChI=1S/C19H23NO5/c1-12-18(19(22)25-11-13-6-5-9-24-13)15(10-17(21)20-12)14-7-3-4-8-16(14)23-2/h3-4,7-8,13,15H,5-6,9-11H2,1-2H3,(H,20,21)/t13-,15-/m0/s1. The summed E-state index contributed by atoms with van der Waals surface area (Å²) >= 11 is 0. The molecule has 0 bridgehead atoms. The highest BCUT2D eigenvalue weighted by Crippen LogP contribution is 2.38. The van der Waals surface area contributed by atoms with Gasteiger partial charge in [0.2, 0.25) is 5.91 Å². The number of carbonyl (C=O) groups excluding carboxylic acids is 2. The summed E-state index contributed by atoms with van der Waals surface area (Å²) in [6.07, 6.45) is 2.04. The molecule has 6 heteroatoms. The predicted molar refractivity (Wildman–Crippen MR) is 91.1 cm³/mol. The Labute approximate surface area is 147 Å². The van der Waals surface area contributed by atoms with E-state index in [4.69, 9.17) is 14.2 Å². The second kappa shape index (κ2) is 7.70. The maximum Gasteiger partial charge on any atom is 0.336 e. The van der Waals surface area contributed by atoms with Gasteiger partial charge in [0, 0.05) is 30.2 Å². The lowest BCUT2D eigenvalue weighted by molar-refractivity contribution is -0.142. The number of benzene rings is 1. The minimum absolute atomic E-state index is 0.0345. The van der Waals surface area contributed by atoms with Crippen molar-refractivity contribution < 1.29 is 23.8 Å². The molecule has 1 fully saturated rings. The Bertz CT molecular complexity index is 691. The van der Waals surface area contributed by atoms with E-state index in [-0.39, 0.29) is 31.0 Å². The molecule has 25 heavy (non-hydrogen) atoms. The first-order valence-electron chi connectivity index (χ1n) is 8.52. The van der Waals surface area contributed by atoms with E-state index in [1.54, 1.807) is 14.0 Å². The van der Waals surface area contributed by atoms with Crippen LogP contribution in [0.2, 0.25) is 0 Å². The van der Waals surface area contributed by atoms with Gasteiger partial charge < -0.3 is 19.5 Å². The summed E-state index contributed by atoms with van der Waals surface area (Å²) in [5.74, 6) is -0.269. The van der Waals surface area contributed by atoms with Crippen LogP contribution in [-0.2, 0) is 19.1 Å². The number of esters is 1. The Morgan fingerprint density at radius 1 is 1.36 bits per heavy atom. The van der Waals surface area contributed by atoms with Gasteiger partial charge in [-0.1, -0.05) is 18.2 Å². The van der Waals surface area contributed by atoms with Gasteiger partial charge in [-0.25, -0.2) is 4.79 Å². The molecule has 3 rings (SSSR count). The van der Waals surface area contributed by atoms with E-state index in [1.165, 1.54) is 0 Å². The fraction of sp³-hybridized carbons (Fsp3) is 0.474. The van der Waals surface area contributed by atoms with Crippen molar-refractivity contribution in [2.45, 2.75) is 38.2 Å². The number of methoxy groups -OCH3 is 1. The third kappa shape index (κ3) is 3.85. The highest BCUT2D eigenvalue weighted by Gasteiger charge is 2.34. The van der Waals surface area contributed by atoms with E-state index in [1.807, 2.05) is 24.3 Å². The number of nitrogens with one attached hydrogen (secondary N) is 1. The van der Waals surface area contributed by atoms with Crippen molar-refractivity contribution in [3.8, 4) is 5.75 Å². The minimum Gasteiger partial charge on any atom is -0.496 e. The Morgan fingerprint density at radius 2 is 2.16 bits per heavy atom. The number of allylic oxidation sites excluding steroid dienone is 1. The lowest BCUT2D eigenvalue weighted by Crippen LogP contribution is -2.35. The smallest absolute Gasteiger partial charge is 0.336 e. The summed E-state index contributed by atoms with van der Waals surface area (Å²) in [7, 11) is 1.58. The molecule has 6 nitrogen and oxygen atoms in total. The molecule has 1 aromatic carbocycles. The van der Waals surface area contributed by atoms with Crippen LogP contribution in [0.25, 0.3) is 0 Å². The van der Waals surface area contributed by atoms with Crippen LogP contribution < -0.4 is 10.1 Å². The number of ether oxygens (including phenoxy) is 3. The zero-order valence-corrected chi connectivity index (χ0v) is 14.5. The molecule has 0 unspecified atom stereocenters.